The molecule has 0 aromatic carbocycles. The summed E-state index contributed by atoms with van der Waals surface area (Å²) in [5.41, 5.74) is 5.50. The number of hydrogen-bond donors (Lipinski definition) is 1. The van der Waals surface area contributed by atoms with Crippen LogP contribution in [0.2, 0.25) is 0 Å². The van der Waals surface area contributed by atoms with Gasteiger partial charge in [-0.1, -0.05) is 0 Å². The molecule has 0 bridgehead atoms. The minimum atomic E-state index is -0.211. The van der Waals surface area contributed by atoms with Crippen LogP contribution in [-0.2, 0) is 0 Å². The van der Waals surface area contributed by atoms with Crippen LogP contribution in [0.15, 0.2) is 5.10 Å². The second kappa shape index (κ2) is 2.79. The number of hydrazone groups is 1. The molecule has 4 heteroatoms. The Morgan fingerprint density at radius 3 is 2.73 bits per heavy atom. The van der Waals surface area contributed by atoms with E-state index in [0.29, 0.717) is 18.4 Å². The lowest BCUT2D eigenvalue weighted by atomic mass is 10.1. The topological polar surface area (TPSA) is 65.4 Å². The molecule has 1 aliphatic rings. The first-order valence-electron chi connectivity index (χ1n) is 3.65. The minimum Gasteiger partial charge on any atom is -0.385 e. The second-order valence-corrected chi connectivity index (χ2v) is 2.92. The fourth-order valence-corrected chi connectivity index (χ4v) is 0.973. The van der Waals surface area contributed by atoms with E-state index in [-0.39, 0.29) is 5.92 Å². The van der Waals surface area contributed by atoms with E-state index in [2.05, 4.69) is 11.2 Å². The highest BCUT2D eigenvalue weighted by Gasteiger charge is 2.25. The summed E-state index contributed by atoms with van der Waals surface area (Å²) in [5.74, 6) is 0.235. The lowest BCUT2D eigenvalue weighted by Crippen LogP contribution is -2.26. The Balaban J connectivity index is 2.65. The van der Waals surface area contributed by atoms with Crippen LogP contribution < -0.4 is 5.73 Å². The van der Waals surface area contributed by atoms with Gasteiger partial charge in [-0.15, -0.1) is 0 Å². The average Bonchev–Trinajstić information content (AvgIpc) is 2.31. The number of hydrogen-bond acceptors (Lipinski definition) is 4. The first kappa shape index (κ1) is 7.86. The van der Waals surface area contributed by atoms with Crippen molar-refractivity contribution in [2.75, 3.05) is 6.54 Å². The van der Waals surface area contributed by atoms with E-state index >= 15 is 0 Å². The average molecular weight is 152 g/mol. The van der Waals surface area contributed by atoms with Crippen LogP contribution in [0.5, 0.6) is 0 Å². The lowest BCUT2D eigenvalue weighted by molar-refractivity contribution is 0.248. The van der Waals surface area contributed by atoms with Gasteiger partial charge in [-0.3, -0.25) is 5.01 Å². The summed E-state index contributed by atoms with van der Waals surface area (Å²) in [6, 6.07) is 2.43. The van der Waals surface area contributed by atoms with Gasteiger partial charge in [0.1, 0.15) is 11.8 Å². The Morgan fingerprint density at radius 1 is 1.82 bits per heavy atom. The standard InChI is InChI=1S/C7H12N4/c1-5(2)11-4-6(3-8)7(9)10-11/h5-6H,4H2,1-2H3,(H2,9,10). The molecule has 0 radical (unpaired) electrons. The quantitative estimate of drug-likeness (QED) is 0.580. The molecule has 2 N–H and O–H groups in total. The Morgan fingerprint density at radius 2 is 2.45 bits per heavy atom. The fourth-order valence-electron chi connectivity index (χ4n) is 0.973. The van der Waals surface area contributed by atoms with Gasteiger partial charge in [-0.2, -0.15) is 10.4 Å². The molecule has 0 spiro atoms. The summed E-state index contributed by atoms with van der Waals surface area (Å²) >= 11 is 0. The van der Waals surface area contributed by atoms with Crippen LogP contribution in [-0.4, -0.2) is 23.4 Å². The van der Waals surface area contributed by atoms with Crippen molar-refractivity contribution in [1.29, 1.82) is 5.26 Å². The summed E-state index contributed by atoms with van der Waals surface area (Å²) in [5, 5.41) is 14.5. The summed E-state index contributed by atoms with van der Waals surface area (Å²) in [6.45, 7) is 4.69. The SMILES string of the molecule is CC(C)N1CC(C#N)C(N)=N1. The minimum absolute atomic E-state index is 0.211. The highest BCUT2D eigenvalue weighted by molar-refractivity contribution is 5.86. The van der Waals surface area contributed by atoms with Crippen LogP contribution in [0, 0.1) is 17.2 Å². The molecule has 0 amide bonds. The third kappa shape index (κ3) is 1.43. The smallest absolute Gasteiger partial charge is 0.139 e. The first-order valence-corrected chi connectivity index (χ1v) is 3.65. The highest BCUT2D eigenvalue weighted by Crippen LogP contribution is 2.12. The van der Waals surface area contributed by atoms with Crippen molar-refractivity contribution >= 4 is 5.84 Å². The number of nitriles is 1. The van der Waals surface area contributed by atoms with Crippen molar-refractivity contribution in [3.8, 4) is 6.07 Å². The molecule has 0 aliphatic carbocycles. The zero-order valence-corrected chi connectivity index (χ0v) is 6.78. The van der Waals surface area contributed by atoms with Crippen LogP contribution in [0.1, 0.15) is 13.8 Å². The molecule has 0 aromatic heterocycles. The van der Waals surface area contributed by atoms with Crippen LogP contribution in [0.4, 0.5) is 0 Å². The normalized spacial score (nSPS) is 23.6. The van der Waals surface area contributed by atoms with E-state index in [0.717, 1.165) is 0 Å². The van der Waals surface area contributed by atoms with E-state index in [1.165, 1.54) is 0 Å². The maximum Gasteiger partial charge on any atom is 0.139 e. The van der Waals surface area contributed by atoms with Crippen molar-refractivity contribution in [2.45, 2.75) is 19.9 Å². The molecule has 0 saturated carbocycles. The van der Waals surface area contributed by atoms with E-state index in [1.807, 2.05) is 18.9 Å². The predicted octanol–water partition coefficient (Wildman–Crippen LogP) is 0.122. The van der Waals surface area contributed by atoms with Crippen molar-refractivity contribution in [2.24, 2.45) is 16.8 Å². The molecule has 1 heterocycles. The van der Waals surface area contributed by atoms with Gasteiger partial charge >= 0.3 is 0 Å². The second-order valence-electron chi connectivity index (χ2n) is 2.92. The summed E-state index contributed by atoms with van der Waals surface area (Å²) in [7, 11) is 0. The van der Waals surface area contributed by atoms with E-state index < -0.39 is 0 Å². The van der Waals surface area contributed by atoms with E-state index in [4.69, 9.17) is 11.0 Å². The molecule has 0 saturated heterocycles. The lowest BCUT2D eigenvalue weighted by Gasteiger charge is -2.17. The Kier molecular flexibility index (Phi) is 1.99. The maximum atomic E-state index is 8.60. The van der Waals surface area contributed by atoms with E-state index in [1.54, 1.807) is 0 Å². The molecule has 0 fully saturated rings. The molecular formula is C7H12N4. The largest absolute Gasteiger partial charge is 0.385 e. The highest BCUT2D eigenvalue weighted by atomic mass is 15.5. The summed E-state index contributed by atoms with van der Waals surface area (Å²) in [6.07, 6.45) is 0. The van der Waals surface area contributed by atoms with Crippen molar-refractivity contribution in [1.82, 2.24) is 5.01 Å². The zero-order chi connectivity index (χ0) is 8.43. The molecular weight excluding hydrogens is 140 g/mol. The third-order valence-electron chi connectivity index (χ3n) is 1.72. The van der Waals surface area contributed by atoms with Gasteiger partial charge in [-0.05, 0) is 13.8 Å². The summed E-state index contributed by atoms with van der Waals surface area (Å²) < 4.78 is 0. The molecule has 1 aliphatic heterocycles. The summed E-state index contributed by atoms with van der Waals surface area (Å²) in [4.78, 5) is 0. The van der Waals surface area contributed by atoms with Gasteiger partial charge in [0.05, 0.1) is 12.6 Å². The fraction of sp³-hybridized carbons (Fsp3) is 0.714. The van der Waals surface area contributed by atoms with Crippen molar-refractivity contribution in [3.63, 3.8) is 0 Å². The van der Waals surface area contributed by atoms with Crippen LogP contribution in [0.3, 0.4) is 0 Å². The first-order chi connectivity index (χ1) is 5.15. The van der Waals surface area contributed by atoms with Gasteiger partial charge in [0, 0.05) is 6.04 Å². The van der Waals surface area contributed by atoms with Crippen LogP contribution >= 0.6 is 0 Å². The van der Waals surface area contributed by atoms with Gasteiger partial charge in [-0.25, -0.2) is 0 Å². The molecule has 1 rings (SSSR count). The number of amidine groups is 1. The molecule has 0 aromatic rings. The number of nitrogens with two attached hydrogens (primary N) is 1. The van der Waals surface area contributed by atoms with Gasteiger partial charge in [0.15, 0.2) is 0 Å². The van der Waals surface area contributed by atoms with Crippen molar-refractivity contribution in [3.05, 3.63) is 0 Å². The zero-order valence-electron chi connectivity index (χ0n) is 6.78. The van der Waals surface area contributed by atoms with E-state index in [9.17, 15) is 0 Å². The number of rotatable bonds is 1. The maximum absolute atomic E-state index is 8.60. The molecule has 1 unspecified atom stereocenters. The monoisotopic (exact) mass is 152 g/mol. The third-order valence-corrected chi connectivity index (χ3v) is 1.72. The molecule has 4 nitrogen and oxygen atoms in total. The molecule has 60 valence electrons. The van der Waals surface area contributed by atoms with Crippen LogP contribution in [0.25, 0.3) is 0 Å². The molecule has 11 heavy (non-hydrogen) atoms. The molecule has 1 atom stereocenters. The Labute approximate surface area is 66.3 Å². The van der Waals surface area contributed by atoms with Gasteiger partial charge in [0.2, 0.25) is 0 Å². The predicted molar refractivity (Wildman–Crippen MR) is 42.6 cm³/mol. The Hall–Kier alpha value is -1.24. The number of nitrogens with zero attached hydrogens (tertiary/aromatic N) is 3. The van der Waals surface area contributed by atoms with Gasteiger partial charge < -0.3 is 5.73 Å². The Bertz CT molecular complexity index is 213. The van der Waals surface area contributed by atoms with Gasteiger partial charge in [0.25, 0.3) is 0 Å². The van der Waals surface area contributed by atoms with Crippen molar-refractivity contribution < 1.29 is 0 Å².